The molecule has 114 valence electrons. The molecule has 1 saturated heterocycles. The van der Waals surface area contributed by atoms with E-state index in [1.807, 2.05) is 6.92 Å². The number of benzene rings is 1. The van der Waals surface area contributed by atoms with Gasteiger partial charge in [0, 0.05) is 18.2 Å². The Morgan fingerprint density at radius 2 is 2.33 bits per heavy atom. The van der Waals surface area contributed by atoms with Crippen molar-refractivity contribution in [1.29, 1.82) is 0 Å². The van der Waals surface area contributed by atoms with Gasteiger partial charge in [-0.25, -0.2) is 0 Å². The van der Waals surface area contributed by atoms with Gasteiger partial charge in [-0.1, -0.05) is 11.6 Å². The van der Waals surface area contributed by atoms with Gasteiger partial charge in [-0.15, -0.1) is 0 Å². The molecule has 0 radical (unpaired) electrons. The van der Waals surface area contributed by atoms with E-state index in [1.165, 1.54) is 18.2 Å². The van der Waals surface area contributed by atoms with Gasteiger partial charge in [-0.2, -0.15) is 0 Å². The number of piperidine rings is 1. The monoisotopic (exact) mass is 311 g/mol. The lowest BCUT2D eigenvalue weighted by atomic mass is 9.92. The minimum absolute atomic E-state index is 0.0133. The van der Waals surface area contributed by atoms with E-state index in [0.717, 1.165) is 25.9 Å². The predicted octanol–water partition coefficient (Wildman–Crippen LogP) is 2.37. The maximum atomic E-state index is 12.3. The number of nitrogens with zero attached hydrogens (tertiary/aromatic N) is 1. The lowest BCUT2D eigenvalue weighted by molar-refractivity contribution is -0.384. The summed E-state index contributed by atoms with van der Waals surface area (Å²) in [5, 5.41) is 17.2. The number of amides is 1. The van der Waals surface area contributed by atoms with Gasteiger partial charge in [0.15, 0.2) is 0 Å². The number of halogens is 1. The van der Waals surface area contributed by atoms with Crippen LogP contribution in [0, 0.1) is 16.0 Å². The topological polar surface area (TPSA) is 84.3 Å². The van der Waals surface area contributed by atoms with E-state index in [1.54, 1.807) is 0 Å². The summed E-state index contributed by atoms with van der Waals surface area (Å²) in [7, 11) is 0. The van der Waals surface area contributed by atoms with Gasteiger partial charge in [-0.3, -0.25) is 14.9 Å². The molecule has 2 N–H and O–H groups in total. The molecule has 1 heterocycles. The van der Waals surface area contributed by atoms with Crippen molar-refractivity contribution in [2.24, 2.45) is 5.92 Å². The summed E-state index contributed by atoms with van der Waals surface area (Å²) >= 11 is 5.97. The fourth-order valence-corrected chi connectivity index (χ4v) is 2.71. The molecule has 0 saturated carbocycles. The standard InChI is InChI=1S/C14H18ClN3O3/c1-9(10-3-2-6-16-8-10)17-14(19)12-7-11(18(20)21)4-5-13(12)15/h4-5,7,9-10,16H,2-3,6,8H2,1H3,(H,17,19). The molecular weight excluding hydrogens is 294 g/mol. The van der Waals surface area contributed by atoms with Crippen molar-refractivity contribution in [3.05, 3.63) is 38.9 Å². The fourth-order valence-electron chi connectivity index (χ4n) is 2.51. The predicted molar refractivity (Wildman–Crippen MR) is 80.6 cm³/mol. The Labute approximate surface area is 128 Å². The summed E-state index contributed by atoms with van der Waals surface area (Å²) < 4.78 is 0. The highest BCUT2D eigenvalue weighted by atomic mass is 35.5. The molecule has 6 nitrogen and oxygen atoms in total. The molecule has 0 spiro atoms. The lowest BCUT2D eigenvalue weighted by Crippen LogP contribution is -2.44. The molecular formula is C14H18ClN3O3. The molecule has 1 aliphatic rings. The van der Waals surface area contributed by atoms with Gasteiger partial charge < -0.3 is 10.6 Å². The van der Waals surface area contributed by atoms with Crippen molar-refractivity contribution in [1.82, 2.24) is 10.6 Å². The van der Waals surface area contributed by atoms with Gasteiger partial charge in [0.05, 0.1) is 15.5 Å². The molecule has 1 aliphatic heterocycles. The first-order valence-corrected chi connectivity index (χ1v) is 7.32. The van der Waals surface area contributed by atoms with Gasteiger partial charge >= 0.3 is 0 Å². The van der Waals surface area contributed by atoms with E-state index < -0.39 is 4.92 Å². The second-order valence-electron chi connectivity index (χ2n) is 5.29. The summed E-state index contributed by atoms with van der Waals surface area (Å²) in [6.45, 7) is 3.82. The summed E-state index contributed by atoms with van der Waals surface area (Å²) in [6.07, 6.45) is 2.14. The molecule has 7 heteroatoms. The minimum Gasteiger partial charge on any atom is -0.349 e. The van der Waals surface area contributed by atoms with E-state index >= 15 is 0 Å². The first kappa shape index (κ1) is 15.7. The van der Waals surface area contributed by atoms with Crippen LogP contribution in [0.3, 0.4) is 0 Å². The molecule has 1 aromatic rings. The summed E-state index contributed by atoms with van der Waals surface area (Å²) in [5.41, 5.74) is -0.00183. The number of nitro benzene ring substituents is 1. The van der Waals surface area contributed by atoms with Crippen molar-refractivity contribution >= 4 is 23.2 Å². The number of carbonyl (C=O) groups excluding carboxylic acids is 1. The third-order valence-electron chi connectivity index (χ3n) is 3.81. The summed E-state index contributed by atoms with van der Waals surface area (Å²) in [5.74, 6) is -0.0121. The van der Waals surface area contributed by atoms with Crippen molar-refractivity contribution < 1.29 is 9.72 Å². The Morgan fingerprint density at radius 3 is 2.95 bits per heavy atom. The summed E-state index contributed by atoms with van der Waals surface area (Å²) in [4.78, 5) is 22.5. The first-order valence-electron chi connectivity index (χ1n) is 6.94. The Kier molecular flexibility index (Phi) is 5.14. The molecule has 1 amide bonds. The average Bonchev–Trinajstić information content (AvgIpc) is 2.48. The van der Waals surface area contributed by atoms with E-state index in [0.29, 0.717) is 5.92 Å². The van der Waals surface area contributed by atoms with Crippen LogP contribution in [0.2, 0.25) is 5.02 Å². The van der Waals surface area contributed by atoms with Crippen LogP contribution in [0.5, 0.6) is 0 Å². The highest BCUT2D eigenvalue weighted by molar-refractivity contribution is 6.33. The van der Waals surface area contributed by atoms with Gasteiger partial charge in [-0.05, 0) is 44.8 Å². The molecule has 0 aliphatic carbocycles. The quantitative estimate of drug-likeness (QED) is 0.660. The zero-order valence-corrected chi connectivity index (χ0v) is 12.5. The lowest BCUT2D eigenvalue weighted by Gasteiger charge is -2.29. The minimum atomic E-state index is -0.540. The third-order valence-corrected chi connectivity index (χ3v) is 4.14. The second kappa shape index (κ2) is 6.87. The number of nitro groups is 1. The Balaban J connectivity index is 2.08. The van der Waals surface area contributed by atoms with Gasteiger partial charge in [0.2, 0.25) is 0 Å². The number of hydrogen-bond acceptors (Lipinski definition) is 4. The van der Waals surface area contributed by atoms with Crippen molar-refractivity contribution in [3.8, 4) is 0 Å². The van der Waals surface area contributed by atoms with Crippen LogP contribution < -0.4 is 10.6 Å². The number of hydrogen-bond donors (Lipinski definition) is 2. The van der Waals surface area contributed by atoms with Gasteiger partial charge in [0.25, 0.3) is 11.6 Å². The molecule has 21 heavy (non-hydrogen) atoms. The first-order chi connectivity index (χ1) is 9.99. The van der Waals surface area contributed by atoms with E-state index in [-0.39, 0.29) is 28.2 Å². The molecule has 2 atom stereocenters. The van der Waals surface area contributed by atoms with Crippen LogP contribution in [0.1, 0.15) is 30.1 Å². The zero-order chi connectivity index (χ0) is 15.4. The highest BCUT2D eigenvalue weighted by Crippen LogP contribution is 2.22. The van der Waals surface area contributed by atoms with Crippen LogP contribution >= 0.6 is 11.6 Å². The van der Waals surface area contributed by atoms with Crippen molar-refractivity contribution in [3.63, 3.8) is 0 Å². The molecule has 2 rings (SSSR count). The van der Waals surface area contributed by atoms with Crippen LogP contribution in [-0.2, 0) is 0 Å². The maximum Gasteiger partial charge on any atom is 0.270 e. The normalized spacial score (nSPS) is 19.8. The fraction of sp³-hybridized carbons (Fsp3) is 0.500. The molecule has 0 bridgehead atoms. The Morgan fingerprint density at radius 1 is 1.57 bits per heavy atom. The largest absolute Gasteiger partial charge is 0.349 e. The molecule has 0 aromatic heterocycles. The van der Waals surface area contributed by atoms with E-state index in [2.05, 4.69) is 10.6 Å². The maximum absolute atomic E-state index is 12.3. The highest BCUT2D eigenvalue weighted by Gasteiger charge is 2.23. The molecule has 2 unspecified atom stereocenters. The van der Waals surface area contributed by atoms with Crippen molar-refractivity contribution in [2.75, 3.05) is 13.1 Å². The van der Waals surface area contributed by atoms with Crippen LogP contribution in [-0.4, -0.2) is 30.0 Å². The number of rotatable bonds is 4. The Bertz CT molecular complexity index is 544. The van der Waals surface area contributed by atoms with Crippen molar-refractivity contribution in [2.45, 2.75) is 25.8 Å². The van der Waals surface area contributed by atoms with Crippen LogP contribution in [0.25, 0.3) is 0 Å². The zero-order valence-electron chi connectivity index (χ0n) is 11.8. The molecule has 1 fully saturated rings. The SMILES string of the molecule is CC(NC(=O)c1cc([N+](=O)[O-])ccc1Cl)C1CCCNC1. The van der Waals surface area contributed by atoms with E-state index in [9.17, 15) is 14.9 Å². The molecule has 1 aromatic carbocycles. The summed E-state index contributed by atoms with van der Waals surface area (Å²) in [6, 6.07) is 3.86. The third kappa shape index (κ3) is 3.92. The van der Waals surface area contributed by atoms with E-state index in [4.69, 9.17) is 11.6 Å². The number of nitrogens with one attached hydrogen (secondary N) is 2. The van der Waals surface area contributed by atoms with Crippen LogP contribution in [0.4, 0.5) is 5.69 Å². The Hall–Kier alpha value is -1.66. The van der Waals surface area contributed by atoms with Crippen LogP contribution in [0.15, 0.2) is 18.2 Å². The average molecular weight is 312 g/mol. The smallest absolute Gasteiger partial charge is 0.270 e. The number of carbonyl (C=O) groups is 1. The second-order valence-corrected chi connectivity index (χ2v) is 5.70. The number of non-ortho nitro benzene ring substituents is 1. The van der Waals surface area contributed by atoms with Gasteiger partial charge in [0.1, 0.15) is 0 Å².